The van der Waals surface area contributed by atoms with E-state index in [4.69, 9.17) is 0 Å². The lowest BCUT2D eigenvalue weighted by molar-refractivity contribution is 0.247. The highest BCUT2D eigenvalue weighted by molar-refractivity contribution is 5.94. The Morgan fingerprint density at radius 1 is 1.28 bits per heavy atom. The number of benzene rings is 1. The van der Waals surface area contributed by atoms with Crippen molar-refractivity contribution in [1.29, 1.82) is 0 Å². The molecular weight excluding hydrogens is 314 g/mol. The largest absolute Gasteiger partial charge is 0.381 e. The number of hydrogen-bond acceptors (Lipinski definition) is 3. The summed E-state index contributed by atoms with van der Waals surface area (Å²) < 4.78 is 1.87. The van der Waals surface area contributed by atoms with Gasteiger partial charge >= 0.3 is 6.03 Å². The zero-order valence-electron chi connectivity index (χ0n) is 14.2. The Hall–Kier alpha value is -3.02. The molecule has 0 fully saturated rings. The van der Waals surface area contributed by atoms with Gasteiger partial charge in [-0.1, -0.05) is 12.1 Å². The minimum absolute atomic E-state index is 0.0255. The number of amides is 2. The zero-order valence-corrected chi connectivity index (χ0v) is 14.2. The number of carbonyl (C=O) groups excluding carboxylic acids is 1. The number of pyridine rings is 1. The Bertz CT molecular complexity index is 917. The van der Waals surface area contributed by atoms with Gasteiger partial charge in [-0.2, -0.15) is 5.10 Å². The number of fused-ring (bicyclic) bond motifs is 2. The first-order valence-corrected chi connectivity index (χ1v) is 8.59. The minimum Gasteiger partial charge on any atom is -0.381 e. The fourth-order valence-corrected chi connectivity index (χ4v) is 3.31. The highest BCUT2D eigenvalue weighted by atomic mass is 16.2. The van der Waals surface area contributed by atoms with Crippen molar-refractivity contribution in [2.75, 3.05) is 23.3 Å². The van der Waals surface area contributed by atoms with Gasteiger partial charge in [-0.3, -0.25) is 4.90 Å². The molecule has 3 heterocycles. The van der Waals surface area contributed by atoms with Crippen molar-refractivity contribution < 1.29 is 4.79 Å². The van der Waals surface area contributed by atoms with E-state index in [9.17, 15) is 4.79 Å². The van der Waals surface area contributed by atoms with E-state index in [1.807, 2.05) is 34.7 Å². The third-order valence-electron chi connectivity index (χ3n) is 4.56. The summed E-state index contributed by atoms with van der Waals surface area (Å²) in [6.45, 7) is 4.01. The monoisotopic (exact) mass is 335 g/mol. The van der Waals surface area contributed by atoms with Crippen LogP contribution in [0.2, 0.25) is 0 Å². The van der Waals surface area contributed by atoms with Crippen LogP contribution in [0.15, 0.2) is 48.8 Å². The number of rotatable bonds is 4. The van der Waals surface area contributed by atoms with Gasteiger partial charge in [0.15, 0.2) is 0 Å². The second-order valence-corrected chi connectivity index (χ2v) is 6.13. The molecule has 3 aromatic rings. The Morgan fingerprint density at radius 3 is 3.08 bits per heavy atom. The summed E-state index contributed by atoms with van der Waals surface area (Å²) in [5.74, 6) is 0. The number of anilines is 2. The maximum absolute atomic E-state index is 12.2. The Labute approximate surface area is 146 Å². The number of nitrogens with zero attached hydrogens (tertiary/aromatic N) is 3. The lowest BCUT2D eigenvalue weighted by Crippen LogP contribution is -2.38. The van der Waals surface area contributed by atoms with E-state index in [1.165, 1.54) is 11.1 Å². The van der Waals surface area contributed by atoms with Gasteiger partial charge in [0.1, 0.15) is 0 Å². The summed E-state index contributed by atoms with van der Waals surface area (Å²) in [6.07, 6.45) is 4.65. The SMILES string of the molecule is CCNC(=O)N1CCc2ccc(NCc3cccn4nccc34)cc21. The predicted octanol–water partition coefficient (Wildman–Crippen LogP) is 3.04. The van der Waals surface area contributed by atoms with Crippen molar-refractivity contribution in [1.82, 2.24) is 14.9 Å². The van der Waals surface area contributed by atoms with Gasteiger partial charge in [0.05, 0.1) is 11.2 Å². The van der Waals surface area contributed by atoms with Gasteiger partial charge in [-0.05, 0) is 48.7 Å². The molecule has 1 aliphatic rings. The summed E-state index contributed by atoms with van der Waals surface area (Å²) in [5, 5.41) is 10.6. The number of hydrogen-bond donors (Lipinski definition) is 2. The summed E-state index contributed by atoms with van der Waals surface area (Å²) in [7, 11) is 0. The molecule has 2 amide bonds. The summed E-state index contributed by atoms with van der Waals surface area (Å²) in [6, 6.07) is 12.3. The second-order valence-electron chi connectivity index (χ2n) is 6.13. The van der Waals surface area contributed by atoms with Gasteiger partial charge in [0.2, 0.25) is 0 Å². The molecule has 6 nitrogen and oxygen atoms in total. The standard InChI is InChI=1S/C19H21N5O/c1-2-20-19(25)23-11-8-14-5-6-16(12-18(14)23)21-13-15-4-3-10-24-17(15)7-9-22-24/h3-7,9-10,12,21H,2,8,11,13H2,1H3,(H,20,25). The average Bonchev–Trinajstić information content (AvgIpc) is 3.26. The molecule has 0 radical (unpaired) electrons. The molecule has 4 rings (SSSR count). The zero-order chi connectivity index (χ0) is 17.2. The number of aromatic nitrogens is 2. The van der Waals surface area contributed by atoms with Crippen LogP contribution in [-0.2, 0) is 13.0 Å². The van der Waals surface area contributed by atoms with Gasteiger partial charge in [-0.15, -0.1) is 0 Å². The summed E-state index contributed by atoms with van der Waals surface area (Å²) in [5.41, 5.74) is 5.51. The van der Waals surface area contributed by atoms with Crippen LogP contribution in [0.5, 0.6) is 0 Å². The molecule has 0 bridgehead atoms. The number of nitrogens with one attached hydrogen (secondary N) is 2. The van der Waals surface area contributed by atoms with Crippen LogP contribution in [0.25, 0.3) is 5.52 Å². The molecule has 1 aliphatic heterocycles. The van der Waals surface area contributed by atoms with E-state index in [-0.39, 0.29) is 6.03 Å². The molecule has 0 saturated carbocycles. The molecule has 2 N–H and O–H groups in total. The number of carbonyl (C=O) groups is 1. The normalized spacial score (nSPS) is 13.1. The van der Waals surface area contributed by atoms with Crippen LogP contribution >= 0.6 is 0 Å². The summed E-state index contributed by atoms with van der Waals surface area (Å²) in [4.78, 5) is 14.0. The quantitative estimate of drug-likeness (QED) is 0.770. The van der Waals surface area contributed by atoms with Crippen LogP contribution in [0.3, 0.4) is 0 Å². The Balaban J connectivity index is 1.53. The smallest absolute Gasteiger partial charge is 0.321 e. The molecule has 0 saturated heterocycles. The molecule has 0 spiro atoms. The van der Waals surface area contributed by atoms with Crippen molar-refractivity contribution >= 4 is 22.9 Å². The Kier molecular flexibility index (Phi) is 4.01. The van der Waals surface area contributed by atoms with Crippen molar-refractivity contribution in [2.45, 2.75) is 19.9 Å². The van der Waals surface area contributed by atoms with Crippen molar-refractivity contribution in [2.24, 2.45) is 0 Å². The van der Waals surface area contributed by atoms with E-state index < -0.39 is 0 Å². The molecule has 128 valence electrons. The third-order valence-corrected chi connectivity index (χ3v) is 4.56. The minimum atomic E-state index is -0.0255. The predicted molar refractivity (Wildman–Crippen MR) is 99.1 cm³/mol. The maximum atomic E-state index is 12.2. The van der Waals surface area contributed by atoms with Crippen LogP contribution in [0, 0.1) is 0 Å². The van der Waals surface area contributed by atoms with Crippen LogP contribution < -0.4 is 15.5 Å². The summed E-state index contributed by atoms with van der Waals surface area (Å²) >= 11 is 0. The molecular formula is C19H21N5O. The van der Waals surface area contributed by atoms with E-state index in [1.54, 1.807) is 6.20 Å². The van der Waals surface area contributed by atoms with Gasteiger partial charge in [0.25, 0.3) is 0 Å². The topological polar surface area (TPSA) is 61.7 Å². The van der Waals surface area contributed by atoms with E-state index in [0.717, 1.165) is 29.9 Å². The molecule has 0 atom stereocenters. The van der Waals surface area contributed by atoms with Crippen molar-refractivity contribution in [3.8, 4) is 0 Å². The Morgan fingerprint density at radius 2 is 2.20 bits per heavy atom. The van der Waals surface area contributed by atoms with Gasteiger partial charge in [0, 0.05) is 37.7 Å². The average molecular weight is 335 g/mol. The highest BCUT2D eigenvalue weighted by Gasteiger charge is 2.24. The molecule has 25 heavy (non-hydrogen) atoms. The van der Waals surface area contributed by atoms with E-state index in [0.29, 0.717) is 13.1 Å². The van der Waals surface area contributed by atoms with Crippen LogP contribution in [0.1, 0.15) is 18.1 Å². The maximum Gasteiger partial charge on any atom is 0.321 e. The van der Waals surface area contributed by atoms with Gasteiger partial charge in [-0.25, -0.2) is 9.31 Å². The van der Waals surface area contributed by atoms with Crippen LogP contribution in [0.4, 0.5) is 16.2 Å². The number of urea groups is 1. The molecule has 6 heteroatoms. The second kappa shape index (κ2) is 6.47. The third kappa shape index (κ3) is 2.91. The molecule has 2 aromatic heterocycles. The van der Waals surface area contributed by atoms with Crippen LogP contribution in [-0.4, -0.2) is 28.7 Å². The van der Waals surface area contributed by atoms with Gasteiger partial charge < -0.3 is 10.6 Å². The first-order chi connectivity index (χ1) is 12.3. The lowest BCUT2D eigenvalue weighted by atomic mass is 10.1. The lowest BCUT2D eigenvalue weighted by Gasteiger charge is -2.18. The van der Waals surface area contributed by atoms with E-state index in [2.05, 4.69) is 40.0 Å². The van der Waals surface area contributed by atoms with Crippen molar-refractivity contribution in [3.05, 3.63) is 59.9 Å². The highest BCUT2D eigenvalue weighted by Crippen LogP contribution is 2.31. The fraction of sp³-hybridized carbons (Fsp3) is 0.263. The first-order valence-electron chi connectivity index (χ1n) is 8.59. The first kappa shape index (κ1) is 15.5. The van der Waals surface area contributed by atoms with E-state index >= 15 is 0 Å². The molecule has 0 unspecified atom stereocenters. The molecule has 0 aliphatic carbocycles. The van der Waals surface area contributed by atoms with Crippen molar-refractivity contribution in [3.63, 3.8) is 0 Å². The fourth-order valence-electron chi connectivity index (χ4n) is 3.31. The molecule has 1 aromatic carbocycles.